The zero-order chi connectivity index (χ0) is 14.7. The largest absolute Gasteiger partial charge is 0.349 e. The molecule has 0 aliphatic heterocycles. The van der Waals surface area contributed by atoms with E-state index in [0.29, 0.717) is 17.3 Å². The van der Waals surface area contributed by atoms with Crippen LogP contribution in [0.1, 0.15) is 37.0 Å². The Morgan fingerprint density at radius 3 is 2.60 bits per heavy atom. The van der Waals surface area contributed by atoms with Crippen LogP contribution in [0.25, 0.3) is 0 Å². The number of nitrogens with one attached hydrogen (secondary N) is 2. The zero-order valence-corrected chi connectivity index (χ0v) is 13.2. The van der Waals surface area contributed by atoms with Crippen molar-refractivity contribution in [2.75, 3.05) is 5.32 Å². The molecule has 0 bridgehead atoms. The maximum atomic E-state index is 12.0. The Balaban J connectivity index is 2.01. The zero-order valence-electron chi connectivity index (χ0n) is 11.7. The average Bonchev–Trinajstić information content (AvgIpc) is 3.21. The lowest BCUT2D eigenvalue weighted by Gasteiger charge is -2.14. The molecule has 1 aliphatic carbocycles. The first kappa shape index (κ1) is 15.0. The van der Waals surface area contributed by atoms with E-state index in [4.69, 9.17) is 0 Å². The van der Waals surface area contributed by atoms with Crippen molar-refractivity contribution < 1.29 is 9.59 Å². The summed E-state index contributed by atoms with van der Waals surface area (Å²) in [6, 6.07) is 7.34. The van der Waals surface area contributed by atoms with Crippen LogP contribution in [0.3, 0.4) is 0 Å². The fourth-order valence-corrected chi connectivity index (χ4v) is 1.86. The molecule has 4 nitrogen and oxygen atoms in total. The Hall–Kier alpha value is -1.36. The van der Waals surface area contributed by atoms with Gasteiger partial charge in [0.05, 0.1) is 4.83 Å². The monoisotopic (exact) mass is 338 g/mol. The van der Waals surface area contributed by atoms with Gasteiger partial charge in [-0.25, -0.2) is 0 Å². The summed E-state index contributed by atoms with van der Waals surface area (Å²) in [5, 5.41) is 5.75. The second kappa shape index (κ2) is 6.39. The molecule has 2 rings (SSSR count). The van der Waals surface area contributed by atoms with E-state index in [-0.39, 0.29) is 22.6 Å². The number of hydrogen-bond donors (Lipinski definition) is 2. The molecule has 5 heteroatoms. The molecule has 1 aromatic carbocycles. The number of carbonyl (C=O) groups excluding carboxylic acids is 2. The van der Waals surface area contributed by atoms with Crippen molar-refractivity contribution in [2.24, 2.45) is 5.92 Å². The molecular weight excluding hydrogens is 320 g/mol. The smallest absolute Gasteiger partial charge is 0.251 e. The van der Waals surface area contributed by atoms with E-state index in [2.05, 4.69) is 26.6 Å². The third-order valence-corrected chi connectivity index (χ3v) is 4.61. The minimum atomic E-state index is -0.244. The van der Waals surface area contributed by atoms with Crippen LogP contribution in [0.5, 0.6) is 0 Å². The predicted octanol–water partition coefficient (Wildman–Crippen LogP) is 2.94. The van der Waals surface area contributed by atoms with E-state index < -0.39 is 0 Å². The summed E-state index contributed by atoms with van der Waals surface area (Å²) in [6.45, 7) is 3.94. The number of amides is 2. The van der Waals surface area contributed by atoms with Crippen LogP contribution >= 0.6 is 15.9 Å². The predicted molar refractivity (Wildman–Crippen MR) is 83.1 cm³/mol. The third-order valence-electron chi connectivity index (χ3n) is 3.14. The average molecular weight is 339 g/mol. The number of anilines is 1. The molecule has 0 aromatic heterocycles. The van der Waals surface area contributed by atoms with Gasteiger partial charge in [0.15, 0.2) is 0 Å². The highest BCUT2D eigenvalue weighted by Gasteiger charge is 2.24. The van der Waals surface area contributed by atoms with Gasteiger partial charge in [-0.15, -0.1) is 0 Å². The molecule has 0 radical (unpaired) electrons. The Morgan fingerprint density at radius 2 is 2.00 bits per heavy atom. The Morgan fingerprint density at radius 1 is 1.30 bits per heavy atom. The lowest BCUT2D eigenvalue weighted by molar-refractivity contribution is -0.116. The van der Waals surface area contributed by atoms with Gasteiger partial charge in [-0.05, 0) is 37.0 Å². The summed E-state index contributed by atoms with van der Waals surface area (Å²) >= 11 is 3.36. The highest BCUT2D eigenvalue weighted by molar-refractivity contribution is 9.10. The van der Waals surface area contributed by atoms with Gasteiger partial charge >= 0.3 is 0 Å². The van der Waals surface area contributed by atoms with Crippen LogP contribution in [-0.4, -0.2) is 22.7 Å². The maximum absolute atomic E-state index is 12.0. The van der Waals surface area contributed by atoms with Gasteiger partial charge in [-0.2, -0.15) is 0 Å². The highest BCUT2D eigenvalue weighted by Crippen LogP contribution is 2.20. The Kier molecular flexibility index (Phi) is 4.81. The quantitative estimate of drug-likeness (QED) is 0.811. The topological polar surface area (TPSA) is 58.2 Å². The minimum absolute atomic E-state index is 0.0807. The van der Waals surface area contributed by atoms with Gasteiger partial charge in [-0.3, -0.25) is 9.59 Å². The number of rotatable bonds is 5. The van der Waals surface area contributed by atoms with Gasteiger partial charge in [0.25, 0.3) is 5.91 Å². The van der Waals surface area contributed by atoms with E-state index in [9.17, 15) is 9.59 Å². The molecule has 1 unspecified atom stereocenters. The molecule has 1 saturated carbocycles. The van der Waals surface area contributed by atoms with Gasteiger partial charge in [0.2, 0.25) is 5.91 Å². The van der Waals surface area contributed by atoms with Crippen molar-refractivity contribution in [1.29, 1.82) is 0 Å². The Bertz CT molecular complexity index is 512. The molecule has 1 atom stereocenters. The van der Waals surface area contributed by atoms with Crippen LogP contribution in [0.2, 0.25) is 0 Å². The van der Waals surface area contributed by atoms with E-state index >= 15 is 0 Å². The molecule has 0 heterocycles. The molecular formula is C15H19BrN2O2. The highest BCUT2D eigenvalue weighted by atomic mass is 79.9. The normalized spacial score (nSPS) is 15.8. The van der Waals surface area contributed by atoms with Gasteiger partial charge in [-0.1, -0.05) is 35.8 Å². The standard InChI is InChI=1S/C15H19BrN2O2/c1-9(2)13(16)15(20)18-12-5-3-4-10(8-12)14(19)17-11-6-7-11/h3-5,8-9,11,13H,6-7H2,1-2H3,(H,17,19)(H,18,20). The lowest BCUT2D eigenvalue weighted by atomic mass is 10.1. The van der Waals surface area contributed by atoms with Crippen molar-refractivity contribution in [3.8, 4) is 0 Å². The number of halogens is 1. The summed E-state index contributed by atoms with van der Waals surface area (Å²) in [5.41, 5.74) is 1.22. The van der Waals surface area contributed by atoms with Crippen molar-refractivity contribution >= 4 is 33.4 Å². The summed E-state index contributed by atoms with van der Waals surface area (Å²) < 4.78 is 0. The van der Waals surface area contributed by atoms with Crippen LogP contribution in [0, 0.1) is 5.92 Å². The molecule has 20 heavy (non-hydrogen) atoms. The molecule has 2 amide bonds. The van der Waals surface area contributed by atoms with Gasteiger partial charge < -0.3 is 10.6 Å². The van der Waals surface area contributed by atoms with Crippen LogP contribution in [0.15, 0.2) is 24.3 Å². The fraction of sp³-hybridized carbons (Fsp3) is 0.467. The number of alkyl halides is 1. The second-order valence-electron chi connectivity index (χ2n) is 5.46. The molecule has 0 saturated heterocycles. The van der Waals surface area contributed by atoms with Crippen molar-refractivity contribution in [3.63, 3.8) is 0 Å². The maximum Gasteiger partial charge on any atom is 0.251 e. The van der Waals surface area contributed by atoms with Crippen LogP contribution in [-0.2, 0) is 4.79 Å². The van der Waals surface area contributed by atoms with E-state index in [0.717, 1.165) is 12.8 Å². The first-order valence-electron chi connectivity index (χ1n) is 6.83. The first-order chi connectivity index (χ1) is 9.47. The lowest BCUT2D eigenvalue weighted by Crippen LogP contribution is -2.28. The molecule has 108 valence electrons. The Labute approximate surface area is 127 Å². The molecule has 0 spiro atoms. The minimum Gasteiger partial charge on any atom is -0.349 e. The van der Waals surface area contributed by atoms with Gasteiger partial charge in [0, 0.05) is 17.3 Å². The fourth-order valence-electron chi connectivity index (χ4n) is 1.75. The first-order valence-corrected chi connectivity index (χ1v) is 7.75. The number of benzene rings is 1. The van der Waals surface area contributed by atoms with Gasteiger partial charge in [0.1, 0.15) is 0 Å². The summed E-state index contributed by atoms with van der Waals surface area (Å²) in [5.74, 6) is 0.0268. The SMILES string of the molecule is CC(C)C(Br)C(=O)Nc1cccc(C(=O)NC2CC2)c1. The number of hydrogen-bond acceptors (Lipinski definition) is 2. The molecule has 1 aromatic rings. The van der Waals surface area contributed by atoms with E-state index in [1.54, 1.807) is 24.3 Å². The third kappa shape index (κ3) is 4.07. The van der Waals surface area contributed by atoms with Crippen LogP contribution in [0.4, 0.5) is 5.69 Å². The summed E-state index contributed by atoms with van der Waals surface area (Å²) in [6.07, 6.45) is 2.11. The summed E-state index contributed by atoms with van der Waals surface area (Å²) in [4.78, 5) is 23.7. The second-order valence-corrected chi connectivity index (χ2v) is 6.45. The van der Waals surface area contributed by atoms with Crippen molar-refractivity contribution in [2.45, 2.75) is 37.6 Å². The van der Waals surface area contributed by atoms with Crippen molar-refractivity contribution in [3.05, 3.63) is 29.8 Å². The van der Waals surface area contributed by atoms with Crippen molar-refractivity contribution in [1.82, 2.24) is 5.32 Å². The molecule has 1 fully saturated rings. The number of carbonyl (C=O) groups is 2. The summed E-state index contributed by atoms with van der Waals surface area (Å²) in [7, 11) is 0. The van der Waals surface area contributed by atoms with E-state index in [1.165, 1.54) is 0 Å². The molecule has 1 aliphatic rings. The van der Waals surface area contributed by atoms with Crippen LogP contribution < -0.4 is 10.6 Å². The van der Waals surface area contributed by atoms with E-state index in [1.807, 2.05) is 13.8 Å². The molecule has 2 N–H and O–H groups in total.